The molecule has 0 bridgehead atoms. The number of hydrogen-bond acceptors (Lipinski definition) is 7. The average Bonchev–Trinajstić information content (AvgIpc) is 3.19. The molecule has 4 rings (SSSR count). The number of carbonyl (C=O) groups is 3. The van der Waals surface area contributed by atoms with E-state index in [1.165, 1.54) is 31.2 Å². The van der Waals surface area contributed by atoms with Gasteiger partial charge in [0.05, 0.1) is 22.3 Å². The van der Waals surface area contributed by atoms with Crippen LogP contribution in [0, 0.1) is 13.8 Å². The molecule has 9 heteroatoms. The second-order valence-corrected chi connectivity index (χ2v) is 7.85. The van der Waals surface area contributed by atoms with Gasteiger partial charge in [-0.1, -0.05) is 35.0 Å². The monoisotopic (exact) mass is 458 g/mol. The molecule has 2 amide bonds. The SMILES string of the molecule is Cc1ccc(-c2cc(C(=O)OC(C)C(=O)Nc3ccc(C(N)=O)cc3)c3c(C)noc3n2)cc1. The van der Waals surface area contributed by atoms with Gasteiger partial charge >= 0.3 is 5.97 Å². The van der Waals surface area contributed by atoms with Crippen molar-refractivity contribution in [1.82, 2.24) is 10.1 Å². The number of pyridine rings is 1. The van der Waals surface area contributed by atoms with Crippen molar-refractivity contribution in [2.75, 3.05) is 5.32 Å². The van der Waals surface area contributed by atoms with Gasteiger partial charge in [-0.15, -0.1) is 0 Å². The maximum absolute atomic E-state index is 13.1. The molecule has 0 saturated carbocycles. The zero-order chi connectivity index (χ0) is 24.4. The highest BCUT2D eigenvalue weighted by atomic mass is 16.5. The summed E-state index contributed by atoms with van der Waals surface area (Å²) in [6.07, 6.45) is -1.10. The van der Waals surface area contributed by atoms with E-state index in [9.17, 15) is 14.4 Å². The fourth-order valence-corrected chi connectivity index (χ4v) is 3.37. The van der Waals surface area contributed by atoms with Gasteiger partial charge in [0.15, 0.2) is 6.10 Å². The van der Waals surface area contributed by atoms with Gasteiger partial charge in [-0.25, -0.2) is 9.78 Å². The third kappa shape index (κ3) is 4.63. The van der Waals surface area contributed by atoms with Crippen LogP contribution < -0.4 is 11.1 Å². The maximum atomic E-state index is 13.1. The van der Waals surface area contributed by atoms with Crippen molar-refractivity contribution in [3.8, 4) is 11.3 Å². The Hall–Kier alpha value is -4.53. The smallest absolute Gasteiger partial charge is 0.339 e. The molecule has 0 aliphatic heterocycles. The Kier molecular flexibility index (Phi) is 6.09. The second-order valence-electron chi connectivity index (χ2n) is 7.85. The molecular weight excluding hydrogens is 436 g/mol. The van der Waals surface area contributed by atoms with Gasteiger partial charge in [0.2, 0.25) is 5.91 Å². The molecule has 4 aromatic rings. The van der Waals surface area contributed by atoms with Crippen molar-refractivity contribution in [2.45, 2.75) is 26.9 Å². The summed E-state index contributed by atoms with van der Waals surface area (Å²) in [6.45, 7) is 5.13. The summed E-state index contributed by atoms with van der Waals surface area (Å²) in [5, 5.41) is 6.99. The molecule has 34 heavy (non-hydrogen) atoms. The second kappa shape index (κ2) is 9.14. The number of benzene rings is 2. The summed E-state index contributed by atoms with van der Waals surface area (Å²) in [6, 6.07) is 15.3. The zero-order valence-electron chi connectivity index (χ0n) is 18.8. The van der Waals surface area contributed by atoms with E-state index in [1.807, 2.05) is 31.2 Å². The minimum atomic E-state index is -1.10. The van der Waals surface area contributed by atoms with Crippen LogP contribution in [0.15, 0.2) is 59.1 Å². The van der Waals surface area contributed by atoms with Crippen LogP contribution in [0.3, 0.4) is 0 Å². The van der Waals surface area contributed by atoms with Crippen LogP contribution in [0.4, 0.5) is 5.69 Å². The molecule has 0 radical (unpaired) electrons. The summed E-state index contributed by atoms with van der Waals surface area (Å²) < 4.78 is 10.8. The Morgan fingerprint density at radius 2 is 1.71 bits per heavy atom. The van der Waals surface area contributed by atoms with Crippen LogP contribution in [-0.4, -0.2) is 34.0 Å². The van der Waals surface area contributed by atoms with Gasteiger partial charge in [-0.05, 0) is 51.1 Å². The van der Waals surface area contributed by atoms with Crippen LogP contribution in [0.2, 0.25) is 0 Å². The molecule has 0 fully saturated rings. The number of hydrogen-bond donors (Lipinski definition) is 2. The van der Waals surface area contributed by atoms with Gasteiger partial charge in [0, 0.05) is 16.8 Å². The number of amides is 2. The molecule has 0 aliphatic rings. The van der Waals surface area contributed by atoms with Crippen molar-refractivity contribution >= 4 is 34.6 Å². The van der Waals surface area contributed by atoms with Crippen LogP contribution in [0.1, 0.15) is 38.9 Å². The van der Waals surface area contributed by atoms with E-state index in [0.717, 1.165) is 11.1 Å². The number of anilines is 1. The minimum absolute atomic E-state index is 0.199. The Bertz CT molecular complexity index is 1390. The van der Waals surface area contributed by atoms with E-state index in [0.29, 0.717) is 28.0 Å². The number of aryl methyl sites for hydroxylation is 2. The molecule has 1 unspecified atom stereocenters. The highest BCUT2D eigenvalue weighted by Gasteiger charge is 2.24. The third-order valence-electron chi connectivity index (χ3n) is 5.27. The Morgan fingerprint density at radius 1 is 1.03 bits per heavy atom. The molecule has 2 heterocycles. The summed E-state index contributed by atoms with van der Waals surface area (Å²) >= 11 is 0. The van der Waals surface area contributed by atoms with Gasteiger partial charge in [0.1, 0.15) is 0 Å². The Balaban J connectivity index is 1.56. The molecule has 9 nitrogen and oxygen atoms in total. The average molecular weight is 458 g/mol. The highest BCUT2D eigenvalue weighted by molar-refractivity contribution is 6.05. The van der Waals surface area contributed by atoms with Crippen LogP contribution in [-0.2, 0) is 9.53 Å². The van der Waals surface area contributed by atoms with Gasteiger partial charge in [-0.3, -0.25) is 9.59 Å². The van der Waals surface area contributed by atoms with Gasteiger partial charge in [-0.2, -0.15) is 0 Å². The first-order chi connectivity index (χ1) is 16.2. The number of nitrogens with one attached hydrogen (secondary N) is 1. The molecule has 0 saturated heterocycles. The largest absolute Gasteiger partial charge is 0.449 e. The van der Waals surface area contributed by atoms with Crippen molar-refractivity contribution < 1.29 is 23.6 Å². The van der Waals surface area contributed by atoms with E-state index >= 15 is 0 Å². The predicted molar refractivity (Wildman–Crippen MR) is 125 cm³/mol. The molecule has 1 atom stereocenters. The van der Waals surface area contributed by atoms with E-state index in [2.05, 4.69) is 15.5 Å². The predicted octanol–water partition coefficient (Wildman–Crippen LogP) is 3.79. The number of nitrogens with zero attached hydrogens (tertiary/aromatic N) is 2. The number of aromatic nitrogens is 2. The first-order valence-corrected chi connectivity index (χ1v) is 10.5. The van der Waals surface area contributed by atoms with Crippen molar-refractivity contribution in [3.05, 3.63) is 77.0 Å². The maximum Gasteiger partial charge on any atom is 0.339 e. The Labute approximate surface area is 194 Å². The number of nitrogens with two attached hydrogens (primary N) is 1. The lowest BCUT2D eigenvalue weighted by Crippen LogP contribution is -2.30. The molecular formula is C25H22N4O5. The highest BCUT2D eigenvalue weighted by Crippen LogP contribution is 2.28. The third-order valence-corrected chi connectivity index (χ3v) is 5.27. The summed E-state index contributed by atoms with van der Waals surface area (Å²) in [5.41, 5.74) is 9.24. The topological polar surface area (TPSA) is 137 Å². The summed E-state index contributed by atoms with van der Waals surface area (Å²) in [7, 11) is 0. The molecule has 172 valence electrons. The molecule has 0 aliphatic carbocycles. The summed E-state index contributed by atoms with van der Waals surface area (Å²) in [5.74, 6) is -1.82. The lowest BCUT2D eigenvalue weighted by molar-refractivity contribution is -0.123. The standard InChI is InChI=1S/C25H22N4O5/c1-13-4-6-16(7-5-13)20-12-19(21-14(2)29-34-24(21)28-20)25(32)33-15(3)23(31)27-18-10-8-17(9-11-18)22(26)30/h4-12,15H,1-3H3,(H2,26,30)(H,27,31). The van der Waals surface area contributed by atoms with E-state index in [1.54, 1.807) is 13.0 Å². The molecule has 3 N–H and O–H groups in total. The van der Waals surface area contributed by atoms with Gasteiger partial charge in [0.25, 0.3) is 11.6 Å². The fourth-order valence-electron chi connectivity index (χ4n) is 3.37. The van der Waals surface area contributed by atoms with Crippen LogP contribution >= 0.6 is 0 Å². The number of primary amides is 1. The van der Waals surface area contributed by atoms with Gasteiger partial charge < -0.3 is 20.3 Å². The van der Waals surface area contributed by atoms with Crippen LogP contribution in [0.25, 0.3) is 22.4 Å². The number of rotatable bonds is 6. The molecule has 2 aromatic carbocycles. The van der Waals surface area contributed by atoms with Crippen molar-refractivity contribution in [2.24, 2.45) is 5.73 Å². The first-order valence-electron chi connectivity index (χ1n) is 10.5. The van der Waals surface area contributed by atoms with Crippen LogP contribution in [0.5, 0.6) is 0 Å². The Morgan fingerprint density at radius 3 is 2.35 bits per heavy atom. The minimum Gasteiger partial charge on any atom is -0.449 e. The fraction of sp³-hybridized carbons (Fsp3) is 0.160. The van der Waals surface area contributed by atoms with Crippen molar-refractivity contribution in [1.29, 1.82) is 0 Å². The number of esters is 1. The van der Waals surface area contributed by atoms with Crippen molar-refractivity contribution in [3.63, 3.8) is 0 Å². The number of carbonyl (C=O) groups excluding carboxylic acids is 3. The lowest BCUT2D eigenvalue weighted by atomic mass is 10.0. The molecule has 0 spiro atoms. The van der Waals surface area contributed by atoms with E-state index < -0.39 is 23.9 Å². The first kappa shape index (κ1) is 22.7. The van der Waals surface area contributed by atoms with E-state index in [4.69, 9.17) is 15.0 Å². The number of ether oxygens (including phenoxy) is 1. The van der Waals surface area contributed by atoms with E-state index in [-0.39, 0.29) is 11.3 Å². The quantitative estimate of drug-likeness (QED) is 0.419. The summed E-state index contributed by atoms with van der Waals surface area (Å²) in [4.78, 5) is 41.3. The lowest BCUT2D eigenvalue weighted by Gasteiger charge is -2.14. The normalized spacial score (nSPS) is 11.7. The zero-order valence-corrected chi connectivity index (χ0v) is 18.8. The molecule has 2 aromatic heterocycles. The number of fused-ring (bicyclic) bond motifs is 1.